The molecule has 3 atom stereocenters. The second kappa shape index (κ2) is 7.81. The van der Waals surface area contributed by atoms with Crippen LogP contribution < -0.4 is 5.32 Å². The van der Waals surface area contributed by atoms with Gasteiger partial charge in [0.15, 0.2) is 0 Å². The molecule has 0 aromatic rings. The van der Waals surface area contributed by atoms with E-state index < -0.39 is 17.7 Å². The van der Waals surface area contributed by atoms with E-state index in [-0.39, 0.29) is 17.9 Å². The lowest BCUT2D eigenvalue weighted by atomic mass is 9.98. The van der Waals surface area contributed by atoms with Gasteiger partial charge >= 0.3 is 6.09 Å². The number of carbonyl (C=O) groups is 2. The van der Waals surface area contributed by atoms with Crippen LogP contribution in [0.5, 0.6) is 0 Å². The summed E-state index contributed by atoms with van der Waals surface area (Å²) in [6, 6.07) is -0.560. The van der Waals surface area contributed by atoms with E-state index in [1.807, 2.05) is 13.8 Å². The van der Waals surface area contributed by atoms with Crippen LogP contribution in [-0.2, 0) is 14.3 Å². The summed E-state index contributed by atoms with van der Waals surface area (Å²) in [7, 11) is 1.66. The van der Waals surface area contributed by atoms with Gasteiger partial charge in [-0.15, -0.1) is 0 Å². The van der Waals surface area contributed by atoms with E-state index in [0.717, 1.165) is 12.8 Å². The quantitative estimate of drug-likeness (QED) is 0.844. The third-order valence-corrected chi connectivity index (χ3v) is 3.94. The first kappa shape index (κ1) is 18.7. The molecule has 2 amide bonds. The first-order valence-electron chi connectivity index (χ1n) is 7.99. The lowest BCUT2D eigenvalue weighted by molar-refractivity contribution is -0.134. The summed E-state index contributed by atoms with van der Waals surface area (Å²) in [5.41, 5.74) is -0.581. The van der Waals surface area contributed by atoms with Gasteiger partial charge in [-0.2, -0.15) is 0 Å². The van der Waals surface area contributed by atoms with Gasteiger partial charge in [0, 0.05) is 20.2 Å². The molecule has 0 bridgehead atoms. The number of nitrogens with zero attached hydrogens (tertiary/aromatic N) is 1. The molecule has 0 spiro atoms. The predicted octanol–water partition coefficient (Wildman–Crippen LogP) is 2.17. The summed E-state index contributed by atoms with van der Waals surface area (Å²) in [6.45, 7) is 10.6. The highest BCUT2D eigenvalue weighted by Crippen LogP contribution is 2.18. The second-order valence-corrected chi connectivity index (χ2v) is 6.94. The van der Waals surface area contributed by atoms with Gasteiger partial charge in [0.05, 0.1) is 6.10 Å². The molecule has 0 aromatic carbocycles. The third kappa shape index (κ3) is 5.48. The Morgan fingerprint density at radius 3 is 2.45 bits per heavy atom. The van der Waals surface area contributed by atoms with E-state index in [1.165, 1.54) is 0 Å². The summed E-state index contributed by atoms with van der Waals surface area (Å²) < 4.78 is 10.6. The largest absolute Gasteiger partial charge is 0.444 e. The van der Waals surface area contributed by atoms with Crippen molar-refractivity contribution in [2.75, 3.05) is 20.2 Å². The monoisotopic (exact) mass is 314 g/mol. The molecule has 0 radical (unpaired) electrons. The summed E-state index contributed by atoms with van der Waals surface area (Å²) in [6.07, 6.45) is 1.17. The maximum Gasteiger partial charge on any atom is 0.408 e. The van der Waals surface area contributed by atoms with Crippen molar-refractivity contribution < 1.29 is 19.1 Å². The zero-order valence-electron chi connectivity index (χ0n) is 14.6. The number of nitrogens with one attached hydrogen (secondary N) is 1. The van der Waals surface area contributed by atoms with Gasteiger partial charge in [-0.1, -0.05) is 20.3 Å². The molecule has 1 unspecified atom stereocenters. The summed E-state index contributed by atoms with van der Waals surface area (Å²) in [5.74, 6) is -0.0126. The molecular formula is C16H30N2O4. The summed E-state index contributed by atoms with van der Waals surface area (Å²) in [5, 5.41) is 2.74. The van der Waals surface area contributed by atoms with Crippen molar-refractivity contribution in [3.05, 3.63) is 0 Å². The van der Waals surface area contributed by atoms with Crippen LogP contribution in [0.15, 0.2) is 0 Å². The van der Waals surface area contributed by atoms with Crippen LogP contribution in [0.25, 0.3) is 0 Å². The van der Waals surface area contributed by atoms with E-state index in [2.05, 4.69) is 5.32 Å². The normalized spacial score (nSPS) is 21.4. The highest BCUT2D eigenvalue weighted by atomic mass is 16.6. The van der Waals surface area contributed by atoms with Crippen LogP contribution in [0.3, 0.4) is 0 Å². The van der Waals surface area contributed by atoms with Crippen LogP contribution in [-0.4, -0.2) is 54.8 Å². The van der Waals surface area contributed by atoms with Gasteiger partial charge in [0.1, 0.15) is 11.6 Å². The molecule has 1 N–H and O–H groups in total. The van der Waals surface area contributed by atoms with E-state index in [4.69, 9.17) is 9.47 Å². The maximum absolute atomic E-state index is 12.7. The molecule has 128 valence electrons. The second-order valence-electron chi connectivity index (χ2n) is 6.94. The first-order chi connectivity index (χ1) is 10.2. The Balaban J connectivity index is 2.72. The molecule has 1 aliphatic rings. The lowest BCUT2D eigenvalue weighted by Crippen LogP contribution is -2.52. The van der Waals surface area contributed by atoms with Crippen LogP contribution in [0.4, 0.5) is 4.79 Å². The first-order valence-corrected chi connectivity index (χ1v) is 7.99. The molecule has 1 heterocycles. The molecule has 0 saturated carbocycles. The van der Waals surface area contributed by atoms with Crippen LogP contribution in [0.2, 0.25) is 0 Å². The van der Waals surface area contributed by atoms with Gasteiger partial charge in [0.25, 0.3) is 0 Å². The van der Waals surface area contributed by atoms with Crippen molar-refractivity contribution in [3.63, 3.8) is 0 Å². The number of amides is 2. The van der Waals surface area contributed by atoms with Crippen molar-refractivity contribution in [1.29, 1.82) is 0 Å². The van der Waals surface area contributed by atoms with Crippen LogP contribution in [0.1, 0.15) is 47.5 Å². The van der Waals surface area contributed by atoms with Crippen molar-refractivity contribution >= 4 is 12.0 Å². The Bertz CT molecular complexity index is 392. The van der Waals surface area contributed by atoms with Crippen molar-refractivity contribution in [3.8, 4) is 0 Å². The van der Waals surface area contributed by atoms with E-state index >= 15 is 0 Å². The van der Waals surface area contributed by atoms with Gasteiger partial charge in [0.2, 0.25) is 5.91 Å². The molecule has 1 saturated heterocycles. The van der Waals surface area contributed by atoms with Gasteiger partial charge < -0.3 is 19.7 Å². The molecule has 6 heteroatoms. The van der Waals surface area contributed by atoms with Crippen molar-refractivity contribution in [2.45, 2.75) is 65.2 Å². The van der Waals surface area contributed by atoms with Crippen molar-refractivity contribution in [1.82, 2.24) is 10.2 Å². The number of ether oxygens (including phenoxy) is 2. The molecular weight excluding hydrogens is 284 g/mol. The van der Waals surface area contributed by atoms with Gasteiger partial charge in [-0.3, -0.25) is 4.79 Å². The highest BCUT2D eigenvalue weighted by Gasteiger charge is 2.35. The van der Waals surface area contributed by atoms with E-state index in [9.17, 15) is 9.59 Å². The minimum atomic E-state index is -0.581. The Kier molecular flexibility index (Phi) is 6.66. The smallest absolute Gasteiger partial charge is 0.408 e. The SMILES string of the molecule is CC[C@H](C)[C@H](NC(=O)OC(C)(C)C)C(=O)N1CCC(OC)C1. The van der Waals surface area contributed by atoms with Gasteiger partial charge in [-0.05, 0) is 33.1 Å². The minimum Gasteiger partial charge on any atom is -0.444 e. The minimum absolute atomic E-state index is 0.0432. The molecule has 22 heavy (non-hydrogen) atoms. The summed E-state index contributed by atoms with van der Waals surface area (Å²) >= 11 is 0. The number of carbonyl (C=O) groups excluding carboxylic acids is 2. The third-order valence-electron chi connectivity index (χ3n) is 3.94. The fourth-order valence-corrected chi connectivity index (χ4v) is 2.44. The Morgan fingerprint density at radius 1 is 1.36 bits per heavy atom. The molecule has 1 rings (SSSR count). The number of hydrogen-bond acceptors (Lipinski definition) is 4. The Morgan fingerprint density at radius 2 is 2.00 bits per heavy atom. The highest BCUT2D eigenvalue weighted by molar-refractivity contribution is 5.86. The fourth-order valence-electron chi connectivity index (χ4n) is 2.44. The van der Waals surface area contributed by atoms with E-state index in [1.54, 1.807) is 32.8 Å². The average molecular weight is 314 g/mol. The molecule has 0 aromatic heterocycles. The molecule has 1 aliphatic heterocycles. The Labute approximate surface area is 133 Å². The summed E-state index contributed by atoms with van der Waals surface area (Å²) in [4.78, 5) is 26.5. The van der Waals surface area contributed by atoms with E-state index in [0.29, 0.717) is 13.1 Å². The number of hydrogen-bond donors (Lipinski definition) is 1. The zero-order valence-corrected chi connectivity index (χ0v) is 14.6. The number of methoxy groups -OCH3 is 1. The molecule has 1 fully saturated rings. The maximum atomic E-state index is 12.7. The van der Waals surface area contributed by atoms with Gasteiger partial charge in [-0.25, -0.2) is 4.79 Å². The Hall–Kier alpha value is -1.30. The fraction of sp³-hybridized carbons (Fsp3) is 0.875. The van der Waals surface area contributed by atoms with Crippen LogP contribution in [0, 0.1) is 5.92 Å². The predicted molar refractivity (Wildman–Crippen MR) is 84.6 cm³/mol. The number of rotatable bonds is 5. The molecule has 0 aliphatic carbocycles. The lowest BCUT2D eigenvalue weighted by Gasteiger charge is -2.29. The standard InChI is InChI=1S/C16H30N2O4/c1-7-11(2)13(17-15(20)22-16(3,4)5)14(19)18-9-8-12(10-18)21-6/h11-13H,7-10H2,1-6H3,(H,17,20)/t11-,12?,13-/m0/s1. The zero-order chi connectivity index (χ0) is 16.9. The molecule has 6 nitrogen and oxygen atoms in total. The number of likely N-dealkylation sites (tertiary alicyclic amines) is 1. The number of alkyl carbamates (subject to hydrolysis) is 1. The van der Waals surface area contributed by atoms with Crippen molar-refractivity contribution in [2.24, 2.45) is 5.92 Å². The van der Waals surface area contributed by atoms with Crippen LogP contribution >= 0.6 is 0 Å². The topological polar surface area (TPSA) is 67.9 Å². The average Bonchev–Trinajstić information content (AvgIpc) is 2.90.